The van der Waals surface area contributed by atoms with Crippen molar-refractivity contribution in [3.8, 4) is 0 Å². The SMILES string of the molecule is CC(=O)Cc1cnc2nc(C(F)(F)F)nn2c1. The van der Waals surface area contributed by atoms with E-state index in [1.807, 2.05) is 0 Å². The van der Waals surface area contributed by atoms with E-state index in [9.17, 15) is 18.0 Å². The molecule has 0 saturated carbocycles. The van der Waals surface area contributed by atoms with Crippen molar-refractivity contribution >= 4 is 11.6 Å². The number of Topliss-reactive ketones (excluding diaryl/α,β-unsaturated/α-hetero) is 1. The molecule has 17 heavy (non-hydrogen) atoms. The maximum absolute atomic E-state index is 12.3. The molecule has 0 aliphatic rings. The third-order valence-corrected chi connectivity index (χ3v) is 1.95. The van der Waals surface area contributed by atoms with Gasteiger partial charge in [-0.25, -0.2) is 9.50 Å². The molecule has 0 amide bonds. The van der Waals surface area contributed by atoms with Gasteiger partial charge in [-0.2, -0.15) is 18.2 Å². The van der Waals surface area contributed by atoms with Crippen LogP contribution in [-0.4, -0.2) is 25.4 Å². The van der Waals surface area contributed by atoms with Crippen molar-refractivity contribution in [2.45, 2.75) is 19.5 Å². The summed E-state index contributed by atoms with van der Waals surface area (Å²) in [5.41, 5.74) is 0.489. The van der Waals surface area contributed by atoms with Crippen LogP contribution in [0.1, 0.15) is 18.3 Å². The molecule has 0 aliphatic heterocycles. The molecule has 0 aromatic carbocycles. The van der Waals surface area contributed by atoms with E-state index in [0.29, 0.717) is 5.56 Å². The number of halogens is 3. The van der Waals surface area contributed by atoms with Crippen LogP contribution in [-0.2, 0) is 17.4 Å². The van der Waals surface area contributed by atoms with Crippen LogP contribution in [0.2, 0.25) is 0 Å². The molecule has 2 aromatic rings. The fourth-order valence-electron chi connectivity index (χ4n) is 1.32. The van der Waals surface area contributed by atoms with E-state index in [1.165, 1.54) is 19.3 Å². The minimum atomic E-state index is -4.60. The van der Waals surface area contributed by atoms with E-state index in [1.54, 1.807) is 0 Å². The molecule has 0 spiro atoms. The Balaban J connectivity index is 2.44. The van der Waals surface area contributed by atoms with E-state index < -0.39 is 12.0 Å². The topological polar surface area (TPSA) is 60.2 Å². The third-order valence-electron chi connectivity index (χ3n) is 1.95. The average Bonchev–Trinajstić information content (AvgIpc) is 2.58. The van der Waals surface area contributed by atoms with E-state index in [2.05, 4.69) is 15.1 Å². The van der Waals surface area contributed by atoms with Gasteiger partial charge in [-0.3, -0.25) is 4.79 Å². The lowest BCUT2D eigenvalue weighted by Crippen LogP contribution is -2.07. The van der Waals surface area contributed by atoms with Crippen LogP contribution in [0.25, 0.3) is 5.78 Å². The summed E-state index contributed by atoms with van der Waals surface area (Å²) in [7, 11) is 0. The first-order chi connectivity index (χ1) is 7.86. The second kappa shape index (κ2) is 3.79. The van der Waals surface area contributed by atoms with Crippen LogP contribution in [0.3, 0.4) is 0 Å². The number of hydrogen-bond donors (Lipinski definition) is 0. The van der Waals surface area contributed by atoms with Gasteiger partial charge < -0.3 is 0 Å². The first kappa shape index (κ1) is 11.5. The molecule has 0 aliphatic carbocycles. The van der Waals surface area contributed by atoms with Gasteiger partial charge in [0.25, 0.3) is 11.6 Å². The van der Waals surface area contributed by atoms with E-state index in [-0.39, 0.29) is 18.0 Å². The molecule has 0 atom stereocenters. The lowest BCUT2D eigenvalue weighted by molar-refractivity contribution is -0.144. The Morgan fingerprint density at radius 3 is 2.76 bits per heavy atom. The van der Waals surface area contributed by atoms with Gasteiger partial charge in [-0.1, -0.05) is 0 Å². The number of fused-ring (bicyclic) bond motifs is 1. The number of carbonyl (C=O) groups is 1. The molecule has 0 saturated heterocycles. The number of rotatable bonds is 2. The van der Waals surface area contributed by atoms with Crippen molar-refractivity contribution in [2.24, 2.45) is 0 Å². The van der Waals surface area contributed by atoms with Gasteiger partial charge in [0.2, 0.25) is 0 Å². The predicted molar refractivity (Wildman–Crippen MR) is 50.2 cm³/mol. The minimum Gasteiger partial charge on any atom is -0.300 e. The normalized spacial score (nSPS) is 12.0. The molecular formula is C9H7F3N4O. The molecule has 2 aromatic heterocycles. The number of alkyl halides is 3. The molecule has 0 fully saturated rings. The van der Waals surface area contributed by atoms with Gasteiger partial charge in [0.1, 0.15) is 5.78 Å². The third kappa shape index (κ3) is 2.40. The average molecular weight is 244 g/mol. The summed E-state index contributed by atoms with van der Waals surface area (Å²) in [4.78, 5) is 17.8. The zero-order valence-corrected chi connectivity index (χ0v) is 8.69. The van der Waals surface area contributed by atoms with Gasteiger partial charge in [0.05, 0.1) is 0 Å². The molecule has 2 rings (SSSR count). The van der Waals surface area contributed by atoms with Crippen LogP contribution in [0, 0.1) is 0 Å². The number of aromatic nitrogens is 4. The molecule has 5 nitrogen and oxygen atoms in total. The molecule has 0 bridgehead atoms. The van der Waals surface area contributed by atoms with Gasteiger partial charge >= 0.3 is 6.18 Å². The van der Waals surface area contributed by atoms with Crippen LogP contribution in [0.4, 0.5) is 13.2 Å². The van der Waals surface area contributed by atoms with Crippen molar-refractivity contribution in [3.63, 3.8) is 0 Å². The number of hydrogen-bond acceptors (Lipinski definition) is 4. The summed E-state index contributed by atoms with van der Waals surface area (Å²) in [6.07, 6.45) is -1.88. The largest absolute Gasteiger partial charge is 0.453 e. The standard InChI is InChI=1S/C9H7F3N4O/c1-5(17)2-6-3-13-8-14-7(9(10,11)12)15-16(8)4-6/h3-4H,2H2,1H3. The van der Waals surface area contributed by atoms with Crippen LogP contribution < -0.4 is 0 Å². The maximum atomic E-state index is 12.3. The fourth-order valence-corrected chi connectivity index (χ4v) is 1.32. The predicted octanol–water partition coefficient (Wildman–Crippen LogP) is 1.27. The van der Waals surface area contributed by atoms with E-state index in [4.69, 9.17) is 0 Å². The zero-order valence-electron chi connectivity index (χ0n) is 8.69. The Morgan fingerprint density at radius 1 is 1.47 bits per heavy atom. The zero-order chi connectivity index (χ0) is 12.6. The van der Waals surface area contributed by atoms with Crippen LogP contribution in [0.15, 0.2) is 12.4 Å². The second-order valence-corrected chi connectivity index (χ2v) is 3.52. The van der Waals surface area contributed by atoms with Crippen molar-refractivity contribution in [1.29, 1.82) is 0 Å². The van der Waals surface area contributed by atoms with E-state index in [0.717, 1.165) is 4.52 Å². The summed E-state index contributed by atoms with van der Waals surface area (Å²) in [5.74, 6) is -1.50. The van der Waals surface area contributed by atoms with Gasteiger partial charge in [0.15, 0.2) is 0 Å². The van der Waals surface area contributed by atoms with Gasteiger partial charge in [-0.15, -0.1) is 5.10 Å². The quantitative estimate of drug-likeness (QED) is 0.798. The Hall–Kier alpha value is -1.99. The lowest BCUT2D eigenvalue weighted by atomic mass is 10.2. The van der Waals surface area contributed by atoms with Crippen molar-refractivity contribution < 1.29 is 18.0 Å². The Kier molecular flexibility index (Phi) is 2.56. The number of carbonyl (C=O) groups excluding carboxylic acids is 1. The molecular weight excluding hydrogens is 237 g/mol. The highest BCUT2D eigenvalue weighted by Gasteiger charge is 2.36. The smallest absolute Gasteiger partial charge is 0.300 e. The Labute approximate surface area is 93.3 Å². The van der Waals surface area contributed by atoms with Crippen molar-refractivity contribution in [2.75, 3.05) is 0 Å². The first-order valence-corrected chi connectivity index (χ1v) is 4.64. The summed E-state index contributed by atoms with van der Waals surface area (Å²) < 4.78 is 37.9. The first-order valence-electron chi connectivity index (χ1n) is 4.64. The summed E-state index contributed by atoms with van der Waals surface area (Å²) in [6, 6.07) is 0. The second-order valence-electron chi connectivity index (χ2n) is 3.52. The molecule has 90 valence electrons. The maximum Gasteiger partial charge on any atom is 0.453 e. The van der Waals surface area contributed by atoms with Gasteiger partial charge in [-0.05, 0) is 12.5 Å². The molecule has 2 heterocycles. The Morgan fingerprint density at radius 2 is 2.18 bits per heavy atom. The minimum absolute atomic E-state index is 0.101. The highest BCUT2D eigenvalue weighted by atomic mass is 19.4. The number of nitrogens with zero attached hydrogens (tertiary/aromatic N) is 4. The van der Waals surface area contributed by atoms with Crippen molar-refractivity contribution in [3.05, 3.63) is 23.8 Å². The number of ketones is 1. The monoisotopic (exact) mass is 244 g/mol. The molecule has 0 N–H and O–H groups in total. The highest BCUT2D eigenvalue weighted by molar-refractivity contribution is 5.77. The Bertz CT molecular complexity index is 575. The van der Waals surface area contributed by atoms with E-state index >= 15 is 0 Å². The summed E-state index contributed by atoms with van der Waals surface area (Å²) in [5, 5.41) is 3.26. The van der Waals surface area contributed by atoms with Gasteiger partial charge in [0, 0.05) is 18.8 Å². The highest BCUT2D eigenvalue weighted by Crippen LogP contribution is 2.26. The molecule has 0 radical (unpaired) electrons. The van der Waals surface area contributed by atoms with Crippen LogP contribution in [0.5, 0.6) is 0 Å². The van der Waals surface area contributed by atoms with Crippen LogP contribution >= 0.6 is 0 Å². The fraction of sp³-hybridized carbons (Fsp3) is 0.333. The molecule has 8 heteroatoms. The lowest BCUT2D eigenvalue weighted by Gasteiger charge is -1.97. The molecule has 0 unspecified atom stereocenters. The van der Waals surface area contributed by atoms with Crippen molar-refractivity contribution in [1.82, 2.24) is 19.6 Å². The summed E-state index contributed by atoms with van der Waals surface area (Å²) >= 11 is 0. The summed E-state index contributed by atoms with van der Waals surface area (Å²) in [6.45, 7) is 1.38.